The van der Waals surface area contributed by atoms with Crippen molar-refractivity contribution in [3.63, 3.8) is 0 Å². The third kappa shape index (κ3) is 5.43. The zero-order chi connectivity index (χ0) is 25.9. The van der Waals surface area contributed by atoms with Crippen molar-refractivity contribution in [2.24, 2.45) is 0 Å². The van der Waals surface area contributed by atoms with Crippen LogP contribution in [0.4, 0.5) is 0 Å². The number of fused-ring (bicyclic) bond motifs is 1. The molecule has 2 aromatic rings. The van der Waals surface area contributed by atoms with Gasteiger partial charge < -0.3 is 9.84 Å². The Kier molecular flexibility index (Phi) is 8.32. The number of hydrogen-bond acceptors (Lipinski definition) is 6. The molecule has 4 N–H and O–H groups in total. The highest BCUT2D eigenvalue weighted by molar-refractivity contribution is 8.24. The Hall–Kier alpha value is -2.10. The predicted molar refractivity (Wildman–Crippen MR) is 144 cm³/mol. The lowest BCUT2D eigenvalue weighted by molar-refractivity contribution is -0.142. The fraction of sp³-hybridized carbons (Fsp3) is 0.536. The van der Waals surface area contributed by atoms with Gasteiger partial charge in [0.05, 0.1) is 23.8 Å². The molecule has 36 heavy (non-hydrogen) atoms. The van der Waals surface area contributed by atoms with E-state index in [2.05, 4.69) is 31.3 Å². The van der Waals surface area contributed by atoms with Crippen molar-refractivity contribution >= 4 is 16.6 Å². The zero-order valence-corrected chi connectivity index (χ0v) is 22.4. The van der Waals surface area contributed by atoms with Crippen molar-refractivity contribution in [3.8, 4) is 5.75 Å². The molecule has 3 atom stereocenters. The molecule has 2 heterocycles. The monoisotopic (exact) mass is 516 g/mol. The van der Waals surface area contributed by atoms with Crippen LogP contribution < -0.4 is 10.1 Å². The molecule has 0 aliphatic carbocycles. The number of nitrogens with one attached hydrogen (secondary N) is 1. The smallest absolute Gasteiger partial charge is 0.320 e. The first-order valence-electron chi connectivity index (χ1n) is 13.0. The van der Waals surface area contributed by atoms with Crippen LogP contribution in [0.25, 0.3) is 0 Å². The maximum absolute atomic E-state index is 11.8. The molecule has 8 heteroatoms. The van der Waals surface area contributed by atoms with Crippen LogP contribution in [-0.4, -0.2) is 56.1 Å². The largest absolute Gasteiger partial charge is 0.496 e. The quantitative estimate of drug-likeness (QED) is 0.330. The molecule has 198 valence electrons. The van der Waals surface area contributed by atoms with E-state index in [-0.39, 0.29) is 11.8 Å². The minimum absolute atomic E-state index is 0.229. The molecule has 0 aromatic heterocycles. The van der Waals surface area contributed by atoms with Crippen LogP contribution in [0, 0.1) is 0 Å². The van der Waals surface area contributed by atoms with Crippen molar-refractivity contribution in [3.05, 3.63) is 59.2 Å². The summed E-state index contributed by atoms with van der Waals surface area (Å²) in [4.78, 5) is 14.3. The van der Waals surface area contributed by atoms with Crippen LogP contribution in [0.5, 0.6) is 5.75 Å². The molecule has 2 aliphatic heterocycles. The van der Waals surface area contributed by atoms with Crippen molar-refractivity contribution in [2.75, 3.05) is 19.4 Å². The number of carboxylic acids is 1. The summed E-state index contributed by atoms with van der Waals surface area (Å²) < 4.78 is 29.2. The van der Waals surface area contributed by atoms with Crippen molar-refractivity contribution in [1.29, 1.82) is 0 Å². The van der Waals surface area contributed by atoms with E-state index in [1.165, 1.54) is 0 Å². The van der Waals surface area contributed by atoms with Crippen molar-refractivity contribution in [2.45, 2.75) is 81.4 Å². The van der Waals surface area contributed by atoms with Crippen molar-refractivity contribution < 1.29 is 23.7 Å². The van der Waals surface area contributed by atoms with E-state index >= 15 is 0 Å². The van der Waals surface area contributed by atoms with E-state index in [0.717, 1.165) is 48.8 Å². The van der Waals surface area contributed by atoms with E-state index in [1.54, 1.807) is 7.11 Å². The number of benzene rings is 2. The summed E-state index contributed by atoms with van der Waals surface area (Å²) in [5.74, 6) is 0.0721. The number of carbonyl (C=O) groups is 1. The molecule has 4 rings (SSSR count). The van der Waals surface area contributed by atoms with Gasteiger partial charge in [0.15, 0.2) is 0 Å². The minimum Gasteiger partial charge on any atom is -0.496 e. The molecule has 2 aliphatic rings. The molecule has 0 radical (unpaired) electrons. The molecule has 0 unspecified atom stereocenters. The molecule has 0 spiro atoms. The summed E-state index contributed by atoms with van der Waals surface area (Å²) in [6.45, 7) is 5.35. The van der Waals surface area contributed by atoms with Gasteiger partial charge in [0.2, 0.25) is 0 Å². The fourth-order valence-corrected chi connectivity index (χ4v) is 8.03. The Morgan fingerprint density at radius 1 is 1.22 bits per heavy atom. The molecule has 0 amide bonds. The van der Waals surface area contributed by atoms with Crippen molar-refractivity contribution in [1.82, 2.24) is 10.2 Å². The molecule has 1 saturated heterocycles. The molecular weight excluding hydrogens is 476 g/mol. The molecular formula is C28H40N2O5S. The summed E-state index contributed by atoms with van der Waals surface area (Å²) in [6.07, 6.45) is 5.10. The predicted octanol–water partition coefficient (Wildman–Crippen LogP) is 5.89. The Morgan fingerprint density at radius 3 is 2.61 bits per heavy atom. The third-order valence-corrected chi connectivity index (χ3v) is 9.86. The number of unbranched alkanes of at least 4 members (excludes halogenated alkanes) is 1. The Labute approximate surface area is 216 Å². The number of carboxylic acid groups (broad SMARTS) is 1. The standard InChI is InChI=1S/C28H40N2O5S/c1-4-6-14-28(5-2)19-36(33,34)25-16-21(18-30-15-10-13-23(30)27(31)32)24(35-3)17-22(25)26(29-28)20-11-8-7-9-12-20/h7-9,11-12,16-17,23,26,29,33-34H,4-6,10,13-15,18-19H2,1-3H3,(H,31,32)/t23-,26+,28+/m1/s1. The second kappa shape index (κ2) is 11.1. The maximum Gasteiger partial charge on any atom is 0.320 e. The van der Waals surface area contributed by atoms with E-state index in [9.17, 15) is 19.0 Å². The first-order chi connectivity index (χ1) is 17.2. The number of nitrogens with zero attached hydrogens (tertiary/aromatic N) is 1. The molecule has 7 nitrogen and oxygen atoms in total. The van der Waals surface area contributed by atoms with Gasteiger partial charge >= 0.3 is 5.97 Å². The number of aliphatic carboxylic acids is 1. The van der Waals surface area contributed by atoms with Crippen LogP contribution in [-0.2, 0) is 11.3 Å². The van der Waals surface area contributed by atoms with Crippen LogP contribution in [0.2, 0.25) is 0 Å². The number of rotatable bonds is 9. The molecule has 1 fully saturated rings. The lowest BCUT2D eigenvalue weighted by Gasteiger charge is -2.42. The van der Waals surface area contributed by atoms with E-state index < -0.39 is 28.1 Å². The summed E-state index contributed by atoms with van der Waals surface area (Å²) in [7, 11) is -1.52. The highest BCUT2D eigenvalue weighted by atomic mass is 32.3. The van der Waals surface area contributed by atoms with Gasteiger partial charge in [0, 0.05) is 23.2 Å². The van der Waals surface area contributed by atoms with Gasteiger partial charge in [-0.15, -0.1) is 0 Å². The van der Waals surface area contributed by atoms with E-state index in [1.807, 2.05) is 35.2 Å². The Balaban J connectivity index is 1.84. The number of methoxy groups -OCH3 is 1. The SMILES string of the molecule is CCCC[C@@]1(CC)CS(O)(O)c2cc(CN3CCC[C@@H]3C(=O)O)c(OC)cc2[C@H](c2ccccc2)N1. The third-order valence-electron chi connectivity index (χ3n) is 7.84. The molecule has 0 saturated carbocycles. The lowest BCUT2D eigenvalue weighted by atomic mass is 9.88. The first-order valence-corrected chi connectivity index (χ1v) is 14.7. The summed E-state index contributed by atoms with van der Waals surface area (Å²) in [6, 6.07) is 13.2. The van der Waals surface area contributed by atoms with E-state index in [4.69, 9.17) is 4.74 Å². The van der Waals surface area contributed by atoms with E-state index in [0.29, 0.717) is 30.2 Å². The highest BCUT2D eigenvalue weighted by Crippen LogP contribution is 2.58. The fourth-order valence-electron chi connectivity index (χ4n) is 5.79. The van der Waals surface area contributed by atoms with Gasteiger partial charge in [0.25, 0.3) is 0 Å². The van der Waals surface area contributed by atoms with Crippen LogP contribution >= 0.6 is 10.6 Å². The minimum atomic E-state index is -3.13. The number of hydrogen-bond donors (Lipinski definition) is 4. The highest BCUT2D eigenvalue weighted by Gasteiger charge is 2.42. The van der Waals surface area contributed by atoms with Gasteiger partial charge in [0.1, 0.15) is 11.8 Å². The summed E-state index contributed by atoms with van der Waals surface area (Å²) >= 11 is 0. The maximum atomic E-state index is 11.8. The Morgan fingerprint density at radius 2 is 1.97 bits per heavy atom. The summed E-state index contributed by atoms with van der Waals surface area (Å²) in [5.41, 5.74) is 2.23. The first kappa shape index (κ1) is 26.9. The number of ether oxygens (including phenoxy) is 1. The topological polar surface area (TPSA) is 102 Å². The Bertz CT molecular complexity index is 1060. The zero-order valence-electron chi connectivity index (χ0n) is 21.6. The van der Waals surface area contributed by atoms with Gasteiger partial charge in [-0.1, -0.05) is 57.0 Å². The summed E-state index contributed by atoms with van der Waals surface area (Å²) in [5, 5.41) is 13.5. The van der Waals surface area contributed by atoms with Crippen LogP contribution in [0.3, 0.4) is 0 Å². The molecule has 2 aromatic carbocycles. The molecule has 0 bridgehead atoms. The average Bonchev–Trinajstić information content (AvgIpc) is 3.31. The van der Waals surface area contributed by atoms with Gasteiger partial charge in [-0.2, -0.15) is 10.6 Å². The van der Waals surface area contributed by atoms with Crippen LogP contribution in [0.15, 0.2) is 47.4 Å². The second-order valence-electron chi connectivity index (χ2n) is 10.2. The lowest BCUT2D eigenvalue weighted by Crippen LogP contribution is -2.49. The van der Waals surface area contributed by atoms with Gasteiger partial charge in [-0.3, -0.25) is 24.1 Å². The van der Waals surface area contributed by atoms with Gasteiger partial charge in [-0.25, -0.2) is 0 Å². The van der Waals surface area contributed by atoms with Crippen LogP contribution in [0.1, 0.15) is 75.1 Å². The second-order valence-corrected chi connectivity index (χ2v) is 12.3. The number of likely N-dealkylation sites (tertiary alicyclic amines) is 1. The van der Waals surface area contributed by atoms with Gasteiger partial charge in [-0.05, 0) is 49.9 Å². The normalized spacial score (nSPS) is 26.7. The average molecular weight is 517 g/mol.